The van der Waals surface area contributed by atoms with Crippen LogP contribution in [0.25, 0.3) is 38.5 Å². The number of fused-ring (bicyclic) bond motifs is 2. The predicted octanol–water partition coefficient (Wildman–Crippen LogP) is 4.61. The second kappa shape index (κ2) is 6.44. The lowest BCUT2D eigenvalue weighted by Crippen LogP contribution is -2.33. The lowest BCUT2D eigenvalue weighted by Gasteiger charge is -2.10. The number of halogens is 1. The first-order valence-electron chi connectivity index (χ1n) is 8.49. The van der Waals surface area contributed by atoms with Gasteiger partial charge in [-0.2, -0.15) is 0 Å². The van der Waals surface area contributed by atoms with Crippen molar-refractivity contribution < 1.29 is 0 Å². The van der Waals surface area contributed by atoms with Gasteiger partial charge in [0, 0.05) is 22.5 Å². The van der Waals surface area contributed by atoms with Gasteiger partial charge in [-0.15, -0.1) is 11.3 Å². The molecule has 1 N–H and O–H groups in total. The molecule has 0 aliphatic carbocycles. The lowest BCUT2D eigenvalue weighted by molar-refractivity contribution is 0.902. The summed E-state index contributed by atoms with van der Waals surface area (Å²) in [6.07, 6.45) is 3.24. The number of rotatable bonds is 2. The van der Waals surface area contributed by atoms with E-state index in [-0.39, 0.29) is 5.56 Å². The Labute approximate surface area is 167 Å². The summed E-state index contributed by atoms with van der Waals surface area (Å²) in [4.78, 5) is 33.0. The minimum Gasteiger partial charge on any atom is -0.306 e. The molecule has 5 aromatic rings. The van der Waals surface area contributed by atoms with Crippen LogP contribution in [-0.2, 0) is 0 Å². The topological polar surface area (TPSA) is 67.8 Å². The Morgan fingerprint density at radius 2 is 1.86 bits per heavy atom. The van der Waals surface area contributed by atoms with E-state index in [1.54, 1.807) is 18.3 Å². The Hall–Kier alpha value is -3.22. The molecule has 28 heavy (non-hydrogen) atoms. The molecule has 0 saturated carbocycles. The second-order valence-corrected chi connectivity index (χ2v) is 7.84. The summed E-state index contributed by atoms with van der Waals surface area (Å²) in [5.41, 5.74) is 1.75. The largest absolute Gasteiger partial charge is 0.333 e. The van der Waals surface area contributed by atoms with Gasteiger partial charge in [0.05, 0.1) is 22.8 Å². The van der Waals surface area contributed by atoms with Crippen molar-refractivity contribution in [2.75, 3.05) is 0 Å². The van der Waals surface area contributed by atoms with Gasteiger partial charge in [0.2, 0.25) is 0 Å². The number of aromatic nitrogens is 3. The van der Waals surface area contributed by atoms with E-state index in [0.717, 1.165) is 26.5 Å². The number of thiophene rings is 1. The van der Waals surface area contributed by atoms with Gasteiger partial charge in [0.25, 0.3) is 5.56 Å². The molecular weight excluding hydrogens is 394 g/mol. The lowest BCUT2D eigenvalue weighted by atomic mass is 10.1. The van der Waals surface area contributed by atoms with Crippen LogP contribution in [0.4, 0.5) is 0 Å². The molecule has 2 aromatic carbocycles. The molecule has 0 radical (unpaired) electrons. The first kappa shape index (κ1) is 16.9. The summed E-state index contributed by atoms with van der Waals surface area (Å²) < 4.78 is 1.80. The Bertz CT molecular complexity index is 1480. The summed E-state index contributed by atoms with van der Waals surface area (Å²) >= 11 is 7.66. The van der Waals surface area contributed by atoms with Gasteiger partial charge in [0.1, 0.15) is 4.34 Å². The molecule has 0 saturated heterocycles. The zero-order valence-electron chi connectivity index (χ0n) is 14.3. The number of benzene rings is 2. The fourth-order valence-corrected chi connectivity index (χ4v) is 4.35. The van der Waals surface area contributed by atoms with E-state index in [9.17, 15) is 9.59 Å². The Balaban J connectivity index is 1.79. The number of nitrogens with zero attached hydrogens (tertiary/aromatic N) is 2. The second-order valence-electron chi connectivity index (χ2n) is 6.32. The van der Waals surface area contributed by atoms with Crippen molar-refractivity contribution in [3.05, 3.63) is 91.5 Å². The van der Waals surface area contributed by atoms with Gasteiger partial charge in [-0.1, -0.05) is 41.9 Å². The molecule has 3 aromatic heterocycles. The first-order chi connectivity index (χ1) is 13.6. The van der Waals surface area contributed by atoms with Gasteiger partial charge >= 0.3 is 5.69 Å². The number of hydrogen-bond acceptors (Lipinski definition) is 4. The number of H-pyrrole nitrogens is 1. The highest BCUT2D eigenvalue weighted by Gasteiger charge is 2.14. The highest BCUT2D eigenvalue weighted by molar-refractivity contribution is 7.15. The summed E-state index contributed by atoms with van der Waals surface area (Å²) in [5.74, 6) is 0. The molecule has 5 nitrogen and oxygen atoms in total. The van der Waals surface area contributed by atoms with E-state index in [1.165, 1.54) is 17.5 Å². The van der Waals surface area contributed by atoms with Crippen LogP contribution in [0.2, 0.25) is 4.34 Å². The molecule has 7 heteroatoms. The third-order valence-corrected chi connectivity index (χ3v) is 5.88. The van der Waals surface area contributed by atoms with Crippen molar-refractivity contribution >= 4 is 44.6 Å². The van der Waals surface area contributed by atoms with Crippen LogP contribution in [0.15, 0.2) is 75.9 Å². The Morgan fingerprint density at radius 1 is 1.00 bits per heavy atom. The minimum atomic E-state index is -0.510. The summed E-state index contributed by atoms with van der Waals surface area (Å²) in [6, 6.07) is 14.7. The number of nitrogens with one attached hydrogen (secondary N) is 1. The molecule has 0 aliphatic rings. The summed E-state index contributed by atoms with van der Waals surface area (Å²) in [6.45, 7) is 0. The third kappa shape index (κ3) is 2.58. The highest BCUT2D eigenvalue weighted by Crippen LogP contribution is 2.33. The predicted molar refractivity (Wildman–Crippen MR) is 114 cm³/mol. The first-order valence-corrected chi connectivity index (χ1v) is 9.75. The van der Waals surface area contributed by atoms with Crippen LogP contribution in [0.5, 0.6) is 0 Å². The van der Waals surface area contributed by atoms with Gasteiger partial charge < -0.3 is 4.98 Å². The highest BCUT2D eigenvalue weighted by atomic mass is 35.5. The van der Waals surface area contributed by atoms with Crippen LogP contribution in [0, 0.1) is 0 Å². The van der Waals surface area contributed by atoms with Crippen LogP contribution in [0.3, 0.4) is 0 Å². The zero-order valence-corrected chi connectivity index (χ0v) is 15.9. The Morgan fingerprint density at radius 3 is 2.68 bits per heavy atom. The molecule has 136 valence electrons. The van der Waals surface area contributed by atoms with Crippen LogP contribution < -0.4 is 11.2 Å². The standard InChI is InChI=1S/C21H12ClN3O2S/c22-19-15(7-8-28-19)12-5-6-16-17(9-12)24-21(27)25(20(16)26)18-11-23-10-13-3-1-2-4-14(13)18/h1-11H,(H,24,27). The third-order valence-electron chi connectivity index (χ3n) is 4.71. The van der Waals surface area contributed by atoms with Crippen LogP contribution in [0.1, 0.15) is 0 Å². The van der Waals surface area contributed by atoms with Gasteiger partial charge in [0.15, 0.2) is 0 Å². The van der Waals surface area contributed by atoms with Crippen molar-refractivity contribution in [2.45, 2.75) is 0 Å². The van der Waals surface area contributed by atoms with Gasteiger partial charge in [-0.3, -0.25) is 9.78 Å². The smallest absolute Gasteiger partial charge is 0.306 e. The molecular formula is C21H12ClN3O2S. The summed E-state index contributed by atoms with van der Waals surface area (Å²) in [7, 11) is 0. The zero-order chi connectivity index (χ0) is 19.3. The van der Waals surface area contributed by atoms with E-state index in [1.807, 2.05) is 41.8 Å². The quantitative estimate of drug-likeness (QED) is 0.466. The molecule has 0 amide bonds. The van der Waals surface area contributed by atoms with Gasteiger partial charge in [-0.25, -0.2) is 9.36 Å². The van der Waals surface area contributed by atoms with E-state index in [2.05, 4.69) is 9.97 Å². The fourth-order valence-electron chi connectivity index (χ4n) is 3.38. The van der Waals surface area contributed by atoms with Crippen molar-refractivity contribution in [3.63, 3.8) is 0 Å². The van der Waals surface area contributed by atoms with E-state index in [4.69, 9.17) is 11.6 Å². The average molecular weight is 406 g/mol. The molecule has 0 spiro atoms. The van der Waals surface area contributed by atoms with Gasteiger partial charge in [-0.05, 0) is 29.1 Å². The fraction of sp³-hybridized carbons (Fsp3) is 0. The molecule has 3 heterocycles. The normalized spacial score (nSPS) is 11.3. The molecule has 0 bridgehead atoms. The number of pyridine rings is 1. The van der Waals surface area contributed by atoms with Crippen molar-refractivity contribution in [3.8, 4) is 16.8 Å². The van der Waals surface area contributed by atoms with Crippen molar-refractivity contribution in [1.29, 1.82) is 0 Å². The van der Waals surface area contributed by atoms with Crippen molar-refractivity contribution in [2.24, 2.45) is 0 Å². The molecule has 5 rings (SSSR count). The molecule has 0 atom stereocenters. The average Bonchev–Trinajstić information content (AvgIpc) is 3.13. The van der Waals surface area contributed by atoms with Crippen molar-refractivity contribution in [1.82, 2.24) is 14.5 Å². The van der Waals surface area contributed by atoms with E-state index in [0.29, 0.717) is 20.9 Å². The van der Waals surface area contributed by atoms with Crippen LogP contribution >= 0.6 is 22.9 Å². The molecule has 0 aliphatic heterocycles. The number of aromatic amines is 1. The monoisotopic (exact) mass is 405 g/mol. The SMILES string of the molecule is O=c1[nH]c2cc(-c3ccsc3Cl)ccc2c(=O)n1-c1cncc2ccccc12. The maximum absolute atomic E-state index is 13.1. The maximum Gasteiger partial charge on any atom is 0.333 e. The van der Waals surface area contributed by atoms with E-state index < -0.39 is 5.69 Å². The summed E-state index contributed by atoms with van der Waals surface area (Å²) in [5, 5.41) is 3.96. The minimum absolute atomic E-state index is 0.389. The molecule has 0 fully saturated rings. The molecule has 0 unspecified atom stereocenters. The Kier molecular flexibility index (Phi) is 3.89. The maximum atomic E-state index is 13.1. The number of hydrogen-bond donors (Lipinski definition) is 1. The van der Waals surface area contributed by atoms with Crippen LogP contribution in [-0.4, -0.2) is 14.5 Å². The van der Waals surface area contributed by atoms with E-state index >= 15 is 0 Å².